The summed E-state index contributed by atoms with van der Waals surface area (Å²) in [5.41, 5.74) is 0. The molecule has 0 fully saturated rings. The zero-order chi connectivity index (χ0) is 68.7. The van der Waals surface area contributed by atoms with Gasteiger partial charge in [-0.15, -0.1) is 0 Å². The first-order chi connectivity index (χ1) is 44.8. The van der Waals surface area contributed by atoms with Crippen molar-refractivity contribution in [3.63, 3.8) is 0 Å². The molecule has 0 saturated carbocycles. The van der Waals surface area contributed by atoms with Gasteiger partial charge in [-0.05, 0) is 43.4 Å². The summed E-state index contributed by atoms with van der Waals surface area (Å²) in [6.45, 7) is 11.7. The lowest BCUT2D eigenvalue weighted by atomic mass is 10.00. The summed E-state index contributed by atoms with van der Waals surface area (Å²) in [5, 5.41) is 10.6. The van der Waals surface area contributed by atoms with Crippen LogP contribution in [0.5, 0.6) is 0 Å². The first-order valence-electron chi connectivity index (χ1n) is 38.4. The summed E-state index contributed by atoms with van der Waals surface area (Å²) in [6, 6.07) is 0. The van der Waals surface area contributed by atoms with Crippen LogP contribution in [0.1, 0.15) is 376 Å². The van der Waals surface area contributed by atoms with E-state index in [1.807, 2.05) is 0 Å². The van der Waals surface area contributed by atoms with Gasteiger partial charge in [-0.1, -0.05) is 325 Å². The van der Waals surface area contributed by atoms with Crippen LogP contribution in [0.3, 0.4) is 0 Å². The van der Waals surface area contributed by atoms with Gasteiger partial charge in [-0.25, -0.2) is 9.13 Å². The molecule has 4 unspecified atom stereocenters. The lowest BCUT2D eigenvalue weighted by Crippen LogP contribution is -2.30. The second kappa shape index (κ2) is 64.7. The molecular formula is C74H144O17P2. The van der Waals surface area contributed by atoms with Crippen LogP contribution in [-0.2, 0) is 65.4 Å². The third kappa shape index (κ3) is 65.8. The van der Waals surface area contributed by atoms with E-state index in [2.05, 4.69) is 48.5 Å². The van der Waals surface area contributed by atoms with Crippen LogP contribution in [-0.4, -0.2) is 96.7 Å². The number of carbonyl (C=O) groups excluding carboxylic acids is 4. The van der Waals surface area contributed by atoms with Crippen LogP contribution in [0.2, 0.25) is 0 Å². The Morgan fingerprint density at radius 1 is 0.312 bits per heavy atom. The Morgan fingerprint density at radius 2 is 0.548 bits per heavy atom. The minimum absolute atomic E-state index is 0.102. The first kappa shape index (κ1) is 91.1. The van der Waals surface area contributed by atoms with Crippen molar-refractivity contribution in [3.05, 3.63) is 0 Å². The van der Waals surface area contributed by atoms with Gasteiger partial charge in [-0.3, -0.25) is 37.3 Å². The predicted molar refractivity (Wildman–Crippen MR) is 377 cm³/mol. The summed E-state index contributed by atoms with van der Waals surface area (Å²) >= 11 is 0. The molecule has 552 valence electrons. The van der Waals surface area contributed by atoms with Gasteiger partial charge in [0.25, 0.3) is 0 Å². The fourth-order valence-corrected chi connectivity index (χ4v) is 12.8. The molecule has 0 aromatic carbocycles. The van der Waals surface area contributed by atoms with Crippen LogP contribution < -0.4 is 0 Å². The fraction of sp³-hybridized carbons (Fsp3) is 0.946. The molecule has 19 heteroatoms. The second-order valence-electron chi connectivity index (χ2n) is 27.6. The largest absolute Gasteiger partial charge is 0.472 e. The number of phosphoric acid groups is 2. The third-order valence-electron chi connectivity index (χ3n) is 17.9. The molecule has 17 nitrogen and oxygen atoms in total. The Hall–Kier alpha value is -1.94. The van der Waals surface area contributed by atoms with Crippen molar-refractivity contribution in [1.29, 1.82) is 0 Å². The van der Waals surface area contributed by atoms with Crippen molar-refractivity contribution in [2.24, 2.45) is 17.8 Å². The van der Waals surface area contributed by atoms with Crippen LogP contribution in [0.15, 0.2) is 0 Å². The van der Waals surface area contributed by atoms with Gasteiger partial charge >= 0.3 is 39.5 Å². The van der Waals surface area contributed by atoms with E-state index >= 15 is 0 Å². The number of hydrogen-bond donors (Lipinski definition) is 3. The van der Waals surface area contributed by atoms with Gasteiger partial charge in [0.05, 0.1) is 26.4 Å². The molecule has 0 rings (SSSR count). The van der Waals surface area contributed by atoms with Crippen molar-refractivity contribution in [1.82, 2.24) is 0 Å². The Balaban J connectivity index is 5.16. The maximum atomic E-state index is 13.1. The first-order valence-corrected chi connectivity index (χ1v) is 41.4. The van der Waals surface area contributed by atoms with Crippen molar-refractivity contribution in [2.75, 3.05) is 39.6 Å². The maximum absolute atomic E-state index is 13.1. The van der Waals surface area contributed by atoms with Crippen molar-refractivity contribution in [3.8, 4) is 0 Å². The summed E-state index contributed by atoms with van der Waals surface area (Å²) in [4.78, 5) is 72.6. The van der Waals surface area contributed by atoms with Crippen molar-refractivity contribution >= 4 is 39.5 Å². The van der Waals surface area contributed by atoms with Gasteiger partial charge in [0.1, 0.15) is 19.3 Å². The van der Waals surface area contributed by atoms with E-state index in [9.17, 15) is 43.2 Å². The number of aliphatic hydroxyl groups excluding tert-OH is 1. The SMILES string of the molecule is CCCCCCCCCCCCCCCCCCCCCCCCC(=O)O[C@H](COC(=O)CCCCCCCCCCC(C)C)COP(=O)(O)OC[C@@H](O)COP(=O)(O)OC[C@@H](COC(=O)CCCCCCCCC(C)CC)OC(=O)CCCCCCCCC(C)CC. The average Bonchev–Trinajstić information content (AvgIpc) is 2.41. The summed E-state index contributed by atoms with van der Waals surface area (Å²) in [5.74, 6) is 0.0485. The highest BCUT2D eigenvalue weighted by Gasteiger charge is 2.30. The van der Waals surface area contributed by atoms with Crippen LogP contribution >= 0.6 is 15.6 Å². The Kier molecular flexibility index (Phi) is 63.4. The van der Waals surface area contributed by atoms with E-state index in [4.69, 9.17) is 37.0 Å². The normalized spacial score (nSPS) is 14.7. The highest BCUT2D eigenvalue weighted by molar-refractivity contribution is 7.47. The molecule has 0 aliphatic rings. The third-order valence-corrected chi connectivity index (χ3v) is 19.8. The number of unbranched alkanes of at least 4 members (excludes halogenated alkanes) is 38. The summed E-state index contributed by atoms with van der Waals surface area (Å²) in [7, 11) is -9.91. The minimum atomic E-state index is -4.95. The predicted octanol–water partition coefficient (Wildman–Crippen LogP) is 21.4. The van der Waals surface area contributed by atoms with Gasteiger partial charge in [0.15, 0.2) is 12.2 Å². The van der Waals surface area contributed by atoms with Gasteiger partial charge in [-0.2, -0.15) is 0 Å². The highest BCUT2D eigenvalue weighted by atomic mass is 31.2. The molecule has 0 aliphatic heterocycles. The van der Waals surface area contributed by atoms with E-state index in [1.165, 1.54) is 180 Å². The van der Waals surface area contributed by atoms with E-state index in [0.717, 1.165) is 114 Å². The standard InChI is InChI=1S/C74H144O17P2/c1-8-11-12-13-14-15-16-17-18-19-20-21-22-23-24-25-26-27-28-33-43-50-57-73(78)90-69(61-84-71(76)55-48-41-32-30-29-31-38-45-52-65(4)5)63-88-92(80,81)86-59-68(75)60-87-93(82,83)89-64-70(91-74(79)58-51-44-37-35-40-47-54-67(7)10-3)62-85-72(77)56-49-42-36-34-39-46-53-66(6)9-2/h65-70,75H,8-64H2,1-7H3,(H,80,81)(H,82,83)/t66?,67?,68-,69-,70-/m1/s1. The number of rotatable bonds is 72. The number of hydrogen-bond acceptors (Lipinski definition) is 15. The van der Waals surface area contributed by atoms with Crippen LogP contribution in [0.25, 0.3) is 0 Å². The lowest BCUT2D eigenvalue weighted by Gasteiger charge is -2.21. The van der Waals surface area contributed by atoms with Gasteiger partial charge in [0.2, 0.25) is 0 Å². The number of carbonyl (C=O) groups is 4. The summed E-state index contributed by atoms with van der Waals surface area (Å²) in [6.07, 6.45) is 50.4. The van der Waals surface area contributed by atoms with E-state index in [0.29, 0.717) is 25.7 Å². The maximum Gasteiger partial charge on any atom is 0.472 e. The molecule has 3 N–H and O–H groups in total. The molecule has 0 saturated heterocycles. The number of aliphatic hydroxyl groups is 1. The number of ether oxygens (including phenoxy) is 4. The molecule has 0 bridgehead atoms. The van der Waals surface area contributed by atoms with E-state index in [1.54, 1.807) is 0 Å². The number of phosphoric ester groups is 2. The Labute approximate surface area is 568 Å². The van der Waals surface area contributed by atoms with E-state index in [-0.39, 0.29) is 25.7 Å². The van der Waals surface area contributed by atoms with Gasteiger partial charge in [0, 0.05) is 25.7 Å². The van der Waals surface area contributed by atoms with Crippen LogP contribution in [0.4, 0.5) is 0 Å². The smallest absolute Gasteiger partial charge is 0.462 e. The molecular weight excluding hydrogens is 1220 g/mol. The summed E-state index contributed by atoms with van der Waals surface area (Å²) < 4.78 is 68.3. The molecule has 0 aromatic heterocycles. The molecule has 0 spiro atoms. The molecule has 7 atom stereocenters. The number of esters is 4. The lowest BCUT2D eigenvalue weighted by molar-refractivity contribution is -0.161. The fourth-order valence-electron chi connectivity index (χ4n) is 11.2. The monoisotopic (exact) mass is 1370 g/mol. The second-order valence-corrected chi connectivity index (χ2v) is 30.6. The van der Waals surface area contributed by atoms with E-state index < -0.39 is 97.5 Å². The highest BCUT2D eigenvalue weighted by Crippen LogP contribution is 2.45. The molecule has 0 aromatic rings. The zero-order valence-electron chi connectivity index (χ0n) is 60.7. The zero-order valence-corrected chi connectivity index (χ0v) is 62.5. The molecule has 0 radical (unpaired) electrons. The Bertz CT molecular complexity index is 1820. The van der Waals surface area contributed by atoms with Gasteiger partial charge < -0.3 is 33.8 Å². The molecule has 0 amide bonds. The van der Waals surface area contributed by atoms with Crippen molar-refractivity contribution < 1.29 is 80.2 Å². The molecule has 0 aliphatic carbocycles. The topological polar surface area (TPSA) is 237 Å². The molecule has 0 heterocycles. The minimum Gasteiger partial charge on any atom is -0.462 e. The molecule has 93 heavy (non-hydrogen) atoms. The quantitative estimate of drug-likeness (QED) is 0.0222. The van der Waals surface area contributed by atoms with Crippen LogP contribution in [0, 0.1) is 17.8 Å². The van der Waals surface area contributed by atoms with Crippen molar-refractivity contribution in [2.45, 2.75) is 394 Å². The average molecular weight is 1370 g/mol. The Morgan fingerprint density at radius 3 is 0.817 bits per heavy atom.